The van der Waals surface area contributed by atoms with Crippen molar-refractivity contribution in [3.63, 3.8) is 0 Å². The molecule has 0 saturated heterocycles. The fraction of sp³-hybridized carbons (Fsp3) is 0.529. The second-order valence-corrected chi connectivity index (χ2v) is 7.26. The van der Waals surface area contributed by atoms with Crippen LogP contribution < -0.4 is 5.32 Å². The minimum Gasteiger partial charge on any atom is -0.310 e. The summed E-state index contributed by atoms with van der Waals surface area (Å²) >= 11 is 1.81. The Bertz CT molecular complexity index is 636. The normalized spacial score (nSPS) is 26.2. The lowest BCUT2D eigenvalue weighted by molar-refractivity contribution is 0.656. The zero-order valence-corrected chi connectivity index (χ0v) is 13.2. The van der Waals surface area contributed by atoms with Gasteiger partial charge in [-0.15, -0.1) is 10.2 Å². The highest BCUT2D eigenvalue weighted by molar-refractivity contribution is 7.11. The summed E-state index contributed by atoms with van der Waals surface area (Å²) in [6, 6.07) is 8.95. The molecule has 0 aliphatic heterocycles. The second-order valence-electron chi connectivity index (χ2n) is 6.16. The van der Waals surface area contributed by atoms with Gasteiger partial charge < -0.3 is 5.32 Å². The predicted molar refractivity (Wildman–Crippen MR) is 85.6 cm³/mol. The van der Waals surface area contributed by atoms with E-state index in [1.807, 2.05) is 11.3 Å². The highest BCUT2D eigenvalue weighted by atomic mass is 32.1. The lowest BCUT2D eigenvalue weighted by Crippen LogP contribution is -2.13. The molecule has 2 aliphatic carbocycles. The molecule has 0 bridgehead atoms. The number of benzene rings is 1. The molecule has 2 aromatic rings. The van der Waals surface area contributed by atoms with Gasteiger partial charge in [0.25, 0.3) is 0 Å². The molecule has 2 aliphatic rings. The first-order valence-electron chi connectivity index (χ1n) is 7.99. The first-order valence-corrected chi connectivity index (χ1v) is 8.81. The fourth-order valence-corrected chi connectivity index (χ4v) is 4.78. The van der Waals surface area contributed by atoms with Crippen molar-refractivity contribution in [2.24, 2.45) is 5.92 Å². The average Bonchev–Trinajstić information content (AvgIpc) is 3.09. The number of aromatic nitrogens is 2. The molecule has 4 rings (SSSR count). The van der Waals surface area contributed by atoms with E-state index >= 15 is 0 Å². The first-order chi connectivity index (χ1) is 10.4. The lowest BCUT2D eigenvalue weighted by Gasteiger charge is -2.13. The zero-order chi connectivity index (χ0) is 14.2. The molecule has 0 spiro atoms. The summed E-state index contributed by atoms with van der Waals surface area (Å²) in [7, 11) is 0. The summed E-state index contributed by atoms with van der Waals surface area (Å²) in [4.78, 5) is 0. The first kappa shape index (κ1) is 13.4. The maximum absolute atomic E-state index is 4.48. The maximum atomic E-state index is 4.48. The number of rotatable bonds is 5. The third-order valence-corrected chi connectivity index (χ3v) is 5.82. The van der Waals surface area contributed by atoms with E-state index in [1.54, 1.807) is 11.1 Å². The molecule has 1 heterocycles. The van der Waals surface area contributed by atoms with Gasteiger partial charge in [-0.2, -0.15) is 0 Å². The Morgan fingerprint density at radius 1 is 1.24 bits per heavy atom. The molecule has 3 unspecified atom stereocenters. The molecular weight excluding hydrogens is 278 g/mol. The van der Waals surface area contributed by atoms with E-state index in [4.69, 9.17) is 0 Å². The van der Waals surface area contributed by atoms with Gasteiger partial charge in [-0.25, -0.2) is 0 Å². The zero-order valence-electron chi connectivity index (χ0n) is 12.4. The van der Waals surface area contributed by atoms with E-state index in [-0.39, 0.29) is 0 Å². The topological polar surface area (TPSA) is 37.8 Å². The Balaban J connectivity index is 1.50. The van der Waals surface area contributed by atoms with Crippen LogP contribution in [0.1, 0.15) is 52.7 Å². The van der Waals surface area contributed by atoms with Crippen molar-refractivity contribution in [3.05, 3.63) is 45.4 Å². The van der Waals surface area contributed by atoms with Crippen molar-refractivity contribution in [2.75, 3.05) is 6.54 Å². The van der Waals surface area contributed by atoms with Gasteiger partial charge in [0, 0.05) is 12.5 Å². The Hall–Kier alpha value is -1.26. The van der Waals surface area contributed by atoms with E-state index in [2.05, 4.69) is 46.7 Å². The van der Waals surface area contributed by atoms with Crippen LogP contribution in [-0.4, -0.2) is 16.7 Å². The standard InChI is InChI=1S/C17H21N3S/c1-2-9-18-10-14-19-20-17(21-14)16-13-8-7-11-5-3-4-6-12(11)15(13)16/h3-6,13,15-16,18H,2,7-10H2,1H3. The number of hydrogen-bond donors (Lipinski definition) is 1. The third-order valence-electron chi connectivity index (χ3n) is 4.80. The van der Waals surface area contributed by atoms with Crippen LogP contribution in [0.15, 0.2) is 24.3 Å². The monoisotopic (exact) mass is 299 g/mol. The Morgan fingerprint density at radius 2 is 2.14 bits per heavy atom. The van der Waals surface area contributed by atoms with E-state index < -0.39 is 0 Å². The maximum Gasteiger partial charge on any atom is 0.131 e. The van der Waals surface area contributed by atoms with Crippen molar-refractivity contribution in [1.82, 2.24) is 15.5 Å². The highest BCUT2D eigenvalue weighted by Crippen LogP contribution is 2.65. The quantitative estimate of drug-likeness (QED) is 0.859. The molecule has 3 nitrogen and oxygen atoms in total. The van der Waals surface area contributed by atoms with Gasteiger partial charge in [-0.1, -0.05) is 42.5 Å². The summed E-state index contributed by atoms with van der Waals surface area (Å²) in [5.41, 5.74) is 3.12. The van der Waals surface area contributed by atoms with Gasteiger partial charge in [0.2, 0.25) is 0 Å². The molecule has 1 aromatic carbocycles. The van der Waals surface area contributed by atoms with E-state index in [9.17, 15) is 0 Å². The fourth-order valence-electron chi connectivity index (χ4n) is 3.75. The van der Waals surface area contributed by atoms with Crippen LogP contribution in [0.2, 0.25) is 0 Å². The molecule has 3 atom stereocenters. The second kappa shape index (κ2) is 5.50. The summed E-state index contributed by atoms with van der Waals surface area (Å²) in [6.45, 7) is 4.10. The number of fused-ring (bicyclic) bond motifs is 3. The van der Waals surface area contributed by atoms with Gasteiger partial charge >= 0.3 is 0 Å². The molecule has 1 N–H and O–H groups in total. The van der Waals surface area contributed by atoms with E-state index in [0.29, 0.717) is 11.8 Å². The molecule has 0 radical (unpaired) electrons. The van der Waals surface area contributed by atoms with Crippen LogP contribution in [0.3, 0.4) is 0 Å². The van der Waals surface area contributed by atoms with Crippen LogP contribution in [0, 0.1) is 5.92 Å². The minimum absolute atomic E-state index is 0.631. The van der Waals surface area contributed by atoms with Gasteiger partial charge in [-0.3, -0.25) is 0 Å². The summed E-state index contributed by atoms with van der Waals surface area (Å²) < 4.78 is 0. The largest absolute Gasteiger partial charge is 0.310 e. The SMILES string of the molecule is CCCNCc1nnc(C2C3CCc4ccccc4C32)s1. The smallest absolute Gasteiger partial charge is 0.131 e. The Morgan fingerprint density at radius 3 is 3.05 bits per heavy atom. The molecule has 1 fully saturated rings. The Kier molecular flexibility index (Phi) is 3.51. The molecule has 21 heavy (non-hydrogen) atoms. The van der Waals surface area contributed by atoms with Gasteiger partial charge in [0.05, 0.1) is 0 Å². The molecule has 1 aromatic heterocycles. The number of aryl methyl sites for hydroxylation is 1. The molecule has 4 heteroatoms. The van der Waals surface area contributed by atoms with Crippen LogP contribution in [0.4, 0.5) is 0 Å². The Labute approximate surface area is 129 Å². The summed E-state index contributed by atoms with van der Waals surface area (Å²) in [5, 5.41) is 14.7. The van der Waals surface area contributed by atoms with Crippen LogP contribution >= 0.6 is 11.3 Å². The molecule has 110 valence electrons. The average molecular weight is 299 g/mol. The number of nitrogens with zero attached hydrogens (tertiary/aromatic N) is 2. The van der Waals surface area contributed by atoms with Crippen molar-refractivity contribution >= 4 is 11.3 Å². The van der Waals surface area contributed by atoms with E-state index in [1.165, 1.54) is 17.8 Å². The van der Waals surface area contributed by atoms with Crippen LogP contribution in [0.5, 0.6) is 0 Å². The van der Waals surface area contributed by atoms with Crippen LogP contribution in [-0.2, 0) is 13.0 Å². The van der Waals surface area contributed by atoms with Crippen LogP contribution in [0.25, 0.3) is 0 Å². The van der Waals surface area contributed by atoms with Gasteiger partial charge in [0.1, 0.15) is 10.0 Å². The number of nitrogens with one attached hydrogen (secondary N) is 1. The summed E-state index contributed by atoms with van der Waals surface area (Å²) in [6.07, 6.45) is 3.71. The predicted octanol–water partition coefficient (Wildman–Crippen LogP) is 3.48. The third kappa shape index (κ3) is 2.40. The van der Waals surface area contributed by atoms with Crippen molar-refractivity contribution < 1.29 is 0 Å². The summed E-state index contributed by atoms with van der Waals surface area (Å²) in [5.74, 6) is 2.15. The van der Waals surface area contributed by atoms with E-state index in [0.717, 1.165) is 30.4 Å². The molecular formula is C17H21N3S. The van der Waals surface area contributed by atoms with Crippen molar-refractivity contribution in [2.45, 2.75) is 44.6 Å². The molecule has 1 saturated carbocycles. The highest BCUT2D eigenvalue weighted by Gasteiger charge is 2.55. The number of hydrogen-bond acceptors (Lipinski definition) is 4. The molecule has 0 amide bonds. The minimum atomic E-state index is 0.631. The van der Waals surface area contributed by atoms with Gasteiger partial charge in [0.15, 0.2) is 0 Å². The van der Waals surface area contributed by atoms with Gasteiger partial charge in [-0.05, 0) is 48.8 Å². The lowest BCUT2D eigenvalue weighted by atomic mass is 9.92. The van der Waals surface area contributed by atoms with Crippen molar-refractivity contribution in [1.29, 1.82) is 0 Å². The van der Waals surface area contributed by atoms with Crippen molar-refractivity contribution in [3.8, 4) is 0 Å².